The number of aromatic nitrogens is 4. The van der Waals surface area contributed by atoms with Crippen molar-refractivity contribution >= 4 is 23.5 Å². The van der Waals surface area contributed by atoms with Crippen LogP contribution in [0, 0.1) is 0 Å². The minimum absolute atomic E-state index is 0.0705. The number of hydrogen-bond acceptors (Lipinski definition) is 6. The van der Waals surface area contributed by atoms with Crippen LogP contribution in [0.2, 0.25) is 0 Å². The topological polar surface area (TPSA) is 78.5 Å². The lowest BCUT2D eigenvalue weighted by Crippen LogP contribution is -2.36. The number of benzene rings is 2. The molecule has 2 aromatic heterocycles. The second kappa shape index (κ2) is 8.76. The Morgan fingerprint density at radius 1 is 1.12 bits per heavy atom. The molecule has 1 aliphatic carbocycles. The summed E-state index contributed by atoms with van der Waals surface area (Å²) in [5, 5.41) is 5.16. The summed E-state index contributed by atoms with van der Waals surface area (Å²) in [7, 11) is 0. The highest BCUT2D eigenvalue weighted by molar-refractivity contribution is 7.99. The third-order valence-electron chi connectivity index (χ3n) is 6.08. The van der Waals surface area contributed by atoms with Gasteiger partial charge in [0, 0.05) is 11.0 Å². The Hall–Kier alpha value is -3.39. The van der Waals surface area contributed by atoms with E-state index in [1.165, 1.54) is 17.3 Å². The molecule has 2 heterocycles. The maximum Gasteiger partial charge on any atom is 0.316 e. The van der Waals surface area contributed by atoms with Crippen LogP contribution in [0.5, 0.6) is 0 Å². The summed E-state index contributed by atoms with van der Waals surface area (Å²) >= 11 is 1.20. The Morgan fingerprint density at radius 2 is 1.85 bits per heavy atom. The second-order valence-electron chi connectivity index (χ2n) is 9.01. The maximum absolute atomic E-state index is 14.0. The van der Waals surface area contributed by atoms with Crippen molar-refractivity contribution in [2.24, 2.45) is 0 Å². The predicted octanol–water partition coefficient (Wildman–Crippen LogP) is 4.10. The Kier molecular flexibility index (Phi) is 5.77. The van der Waals surface area contributed by atoms with Crippen molar-refractivity contribution in [1.29, 1.82) is 0 Å². The molecule has 0 amide bonds. The fourth-order valence-electron chi connectivity index (χ4n) is 4.60. The van der Waals surface area contributed by atoms with Gasteiger partial charge in [-0.15, -0.1) is 5.10 Å². The normalized spacial score (nSPS) is 14.0. The third-order valence-corrected chi connectivity index (χ3v) is 6.98. The molecule has 0 saturated heterocycles. The highest BCUT2D eigenvalue weighted by Gasteiger charge is 2.36. The molecule has 0 bridgehead atoms. The van der Waals surface area contributed by atoms with E-state index < -0.39 is 0 Å². The van der Waals surface area contributed by atoms with E-state index >= 15 is 0 Å². The Balaban J connectivity index is 1.72. The molecule has 4 aromatic rings. The van der Waals surface area contributed by atoms with Gasteiger partial charge in [-0.25, -0.2) is 14.1 Å². The first-order chi connectivity index (χ1) is 16.4. The zero-order valence-corrected chi connectivity index (χ0v) is 20.3. The standard InChI is InChI=1S/C26H26N4O3S/c1-4-33-20(31)16-34-25-28-29(15-17-10-6-5-7-11-17)24-27-22-19-13-9-8-12-18(19)14-26(2,3)21(22)23(32)30(24)25/h5-13H,4,14-16H2,1-3H3. The molecule has 174 valence electrons. The molecule has 0 N–H and O–H groups in total. The SMILES string of the molecule is CCOC(=O)CSc1nn(Cc2ccccc2)c2nc3c(c(=O)n12)C(C)(C)Cc1ccccc1-3. The highest BCUT2D eigenvalue weighted by Crippen LogP contribution is 2.40. The van der Waals surface area contributed by atoms with Gasteiger partial charge in [-0.1, -0.05) is 80.2 Å². The van der Waals surface area contributed by atoms with E-state index in [0.29, 0.717) is 35.3 Å². The molecule has 2 aromatic carbocycles. The lowest BCUT2D eigenvalue weighted by Gasteiger charge is -2.32. The Bertz CT molecular complexity index is 1440. The summed E-state index contributed by atoms with van der Waals surface area (Å²) in [5.41, 5.74) is 4.09. The van der Waals surface area contributed by atoms with E-state index in [1.54, 1.807) is 16.0 Å². The summed E-state index contributed by atoms with van der Waals surface area (Å²) in [6.45, 7) is 6.70. The van der Waals surface area contributed by atoms with Gasteiger partial charge in [0.1, 0.15) is 0 Å². The number of carbonyl (C=O) groups excluding carboxylic acids is 1. The molecular weight excluding hydrogens is 448 g/mol. The summed E-state index contributed by atoms with van der Waals surface area (Å²) < 4.78 is 8.38. The summed E-state index contributed by atoms with van der Waals surface area (Å²) in [4.78, 5) is 31.1. The van der Waals surface area contributed by atoms with E-state index in [9.17, 15) is 9.59 Å². The first kappa shape index (κ1) is 22.4. The van der Waals surface area contributed by atoms with Crippen LogP contribution >= 0.6 is 11.8 Å². The van der Waals surface area contributed by atoms with Crippen molar-refractivity contribution in [3.63, 3.8) is 0 Å². The smallest absolute Gasteiger partial charge is 0.316 e. The Morgan fingerprint density at radius 3 is 2.62 bits per heavy atom. The Labute approximate surface area is 201 Å². The quantitative estimate of drug-likeness (QED) is 0.309. The van der Waals surface area contributed by atoms with E-state index in [4.69, 9.17) is 14.8 Å². The molecule has 7 nitrogen and oxygen atoms in total. The molecule has 0 unspecified atom stereocenters. The van der Waals surface area contributed by atoms with Gasteiger partial charge in [-0.3, -0.25) is 9.59 Å². The number of rotatable bonds is 6. The lowest BCUT2D eigenvalue weighted by molar-refractivity contribution is -0.139. The number of fused-ring (bicyclic) bond motifs is 4. The molecule has 0 atom stereocenters. The average molecular weight is 475 g/mol. The van der Waals surface area contributed by atoms with Crippen molar-refractivity contribution in [2.45, 2.75) is 44.3 Å². The summed E-state index contributed by atoms with van der Waals surface area (Å²) in [6, 6.07) is 18.1. The van der Waals surface area contributed by atoms with Gasteiger partial charge in [0.05, 0.1) is 30.2 Å². The van der Waals surface area contributed by atoms with Crippen LogP contribution in [0.1, 0.15) is 37.5 Å². The summed E-state index contributed by atoms with van der Waals surface area (Å²) in [6.07, 6.45) is 0.753. The van der Waals surface area contributed by atoms with Crippen LogP contribution in [0.15, 0.2) is 64.5 Å². The van der Waals surface area contributed by atoms with Crippen molar-refractivity contribution in [3.05, 3.63) is 81.6 Å². The van der Waals surface area contributed by atoms with Crippen molar-refractivity contribution < 1.29 is 9.53 Å². The van der Waals surface area contributed by atoms with Gasteiger partial charge in [-0.2, -0.15) is 0 Å². The molecule has 1 aliphatic rings. The zero-order chi connectivity index (χ0) is 23.9. The van der Waals surface area contributed by atoms with Crippen LogP contribution in [0.25, 0.3) is 17.0 Å². The average Bonchev–Trinajstić information content (AvgIpc) is 3.15. The molecule has 0 saturated carbocycles. The van der Waals surface area contributed by atoms with Gasteiger partial charge in [0.15, 0.2) is 5.16 Å². The van der Waals surface area contributed by atoms with Gasteiger partial charge in [0.25, 0.3) is 5.56 Å². The first-order valence-corrected chi connectivity index (χ1v) is 12.3. The van der Waals surface area contributed by atoms with Crippen LogP contribution < -0.4 is 5.56 Å². The highest BCUT2D eigenvalue weighted by atomic mass is 32.2. The molecule has 0 aliphatic heterocycles. The number of esters is 1. The van der Waals surface area contributed by atoms with E-state index in [0.717, 1.165) is 17.5 Å². The predicted molar refractivity (Wildman–Crippen MR) is 132 cm³/mol. The van der Waals surface area contributed by atoms with E-state index in [1.807, 2.05) is 48.5 Å². The van der Waals surface area contributed by atoms with Crippen LogP contribution in [-0.2, 0) is 27.9 Å². The molecule has 34 heavy (non-hydrogen) atoms. The monoisotopic (exact) mass is 474 g/mol. The van der Waals surface area contributed by atoms with Crippen molar-refractivity contribution in [3.8, 4) is 11.3 Å². The van der Waals surface area contributed by atoms with Gasteiger partial charge in [-0.05, 0) is 24.5 Å². The lowest BCUT2D eigenvalue weighted by atomic mass is 9.72. The van der Waals surface area contributed by atoms with Gasteiger partial charge >= 0.3 is 5.97 Å². The van der Waals surface area contributed by atoms with Gasteiger partial charge in [0.2, 0.25) is 5.78 Å². The molecule has 0 spiro atoms. The first-order valence-electron chi connectivity index (χ1n) is 11.3. The van der Waals surface area contributed by atoms with Crippen molar-refractivity contribution in [1.82, 2.24) is 19.2 Å². The van der Waals surface area contributed by atoms with Gasteiger partial charge < -0.3 is 4.74 Å². The minimum Gasteiger partial charge on any atom is -0.465 e. The number of carbonyl (C=O) groups is 1. The van der Waals surface area contributed by atoms with Crippen LogP contribution in [0.3, 0.4) is 0 Å². The van der Waals surface area contributed by atoms with E-state index in [-0.39, 0.29) is 22.7 Å². The number of ether oxygens (including phenoxy) is 1. The fraction of sp³-hybridized carbons (Fsp3) is 0.308. The second-order valence-corrected chi connectivity index (χ2v) is 9.96. The fourth-order valence-corrected chi connectivity index (χ4v) is 5.39. The van der Waals surface area contributed by atoms with Crippen LogP contribution in [0.4, 0.5) is 0 Å². The molecule has 8 heteroatoms. The summed E-state index contributed by atoms with van der Waals surface area (Å²) in [5.74, 6) is 0.194. The largest absolute Gasteiger partial charge is 0.465 e. The number of thioether (sulfide) groups is 1. The van der Waals surface area contributed by atoms with Crippen molar-refractivity contribution in [2.75, 3.05) is 12.4 Å². The minimum atomic E-state index is -0.389. The number of nitrogens with zero attached hydrogens (tertiary/aromatic N) is 4. The third kappa shape index (κ3) is 3.92. The van der Waals surface area contributed by atoms with Crippen LogP contribution in [-0.4, -0.2) is 37.5 Å². The maximum atomic E-state index is 14.0. The molecule has 5 rings (SSSR count). The molecule has 0 radical (unpaired) electrons. The molecular formula is C26H26N4O3S. The zero-order valence-electron chi connectivity index (χ0n) is 19.4. The molecule has 0 fully saturated rings. The van der Waals surface area contributed by atoms with E-state index in [2.05, 4.69) is 19.9 Å². The number of hydrogen-bond donors (Lipinski definition) is 0.